The summed E-state index contributed by atoms with van der Waals surface area (Å²) in [7, 11) is 0. The van der Waals surface area contributed by atoms with E-state index in [1.165, 1.54) is 0 Å². The minimum Gasteiger partial charge on any atom is -0.394 e. The Balaban J connectivity index is 1.04. The predicted molar refractivity (Wildman–Crippen MR) is 355 cm³/mol. The van der Waals surface area contributed by atoms with Crippen LogP contribution in [0.2, 0.25) is 0 Å². The van der Waals surface area contributed by atoms with E-state index >= 15 is 0 Å². The van der Waals surface area contributed by atoms with Gasteiger partial charge in [-0.15, -0.1) is 0 Å². The van der Waals surface area contributed by atoms with Crippen LogP contribution in [0.3, 0.4) is 0 Å². The van der Waals surface area contributed by atoms with Gasteiger partial charge in [-0.05, 0) is 0 Å². The predicted octanol–water partition coefficient (Wildman–Crippen LogP) is -19.9. The fourth-order valence-corrected chi connectivity index (χ4v) is 14.9. The average molecular weight is 1680 g/mol. The number of hydrogen-bond donors (Lipinski definition) is 29. The summed E-state index contributed by atoms with van der Waals surface area (Å²) in [5, 5.41) is 279. The van der Waals surface area contributed by atoms with E-state index in [9.17, 15) is 147 Å². The Morgan fingerprint density at radius 2 is 0.496 bits per heavy atom. The van der Waals surface area contributed by atoms with Gasteiger partial charge in [0.2, 0.25) is 29.5 Å². The molecule has 0 bridgehead atoms. The lowest BCUT2D eigenvalue weighted by molar-refractivity contribution is -0.396. The first-order valence-electron chi connectivity index (χ1n) is 36.6. The summed E-state index contributed by atoms with van der Waals surface area (Å²) in [5.74, 6) is -4.47. The fraction of sp³-hybridized carbons (Fsp3) is 0.922. The van der Waals surface area contributed by atoms with Crippen molar-refractivity contribution in [3.8, 4) is 0 Å². The molecule has 0 spiro atoms. The molecule has 0 aromatic rings. The molecular weight excluding hydrogens is 1570 g/mol. The van der Waals surface area contributed by atoms with Crippen LogP contribution in [0.1, 0.15) is 34.6 Å². The maximum atomic E-state index is 13.1. The van der Waals surface area contributed by atoms with Crippen molar-refractivity contribution in [2.24, 2.45) is 0 Å². The zero-order valence-electron chi connectivity index (χ0n) is 62.1. The highest BCUT2D eigenvalue weighted by molar-refractivity contribution is 5.75. The smallest absolute Gasteiger partial charge is 0.217 e. The molecule has 9 saturated heterocycles. The van der Waals surface area contributed by atoms with E-state index in [0.29, 0.717) is 0 Å². The Morgan fingerprint density at radius 1 is 0.226 bits per heavy atom. The SMILES string of the molecule is CC(=O)N[C@@H]1[C@@H](O)[C@H](O[C@@H]2O[C@H](CO)[C@@H](O[C@@H]3O[C@H](CO[C@H]4O[C@H](CO)[C@@H](O)[C@H](O)[C@@H]4O[C@@H]4O[C@H](CO)[C@@H](O[C@@H]5O[C@H](CO)[C@H](O)[C@H](O[C@@H]6O[C@H](CO)[C@H](O)[C@H](O)[C@H]6O)[C@H]5NC(C)=O)[C@H](O)[C@H]4NC(C)=O)[C@@H](O)[C@H](O[C@H]4O[C@H](CO)[C@@H](O)[C@H](O)[C@@H]4O[C@@H]4O[C@H](CO)[C@@H](O)[C@H](O)[C@H]4NC(C)=O)[C@@H]3O)[C@H](O)[C@H]2NC(C)=O)[C@@H](CO)O[C@H]1O. The maximum Gasteiger partial charge on any atom is 0.217 e. The van der Waals surface area contributed by atoms with Crippen molar-refractivity contribution >= 4 is 29.5 Å². The minimum atomic E-state index is -2.54. The molecule has 664 valence electrons. The Kier molecular flexibility index (Phi) is 34.1. The second-order valence-electron chi connectivity index (χ2n) is 28.9. The zero-order valence-corrected chi connectivity index (χ0v) is 62.1. The lowest BCUT2D eigenvalue weighted by atomic mass is 9.93. The van der Waals surface area contributed by atoms with Gasteiger partial charge in [0.15, 0.2) is 56.6 Å². The van der Waals surface area contributed by atoms with Crippen molar-refractivity contribution in [1.29, 1.82) is 0 Å². The molecule has 0 saturated carbocycles. The van der Waals surface area contributed by atoms with E-state index in [-0.39, 0.29) is 0 Å². The molecule has 9 heterocycles. The highest BCUT2D eigenvalue weighted by Gasteiger charge is 2.61. The number of carbonyl (C=O) groups is 5. The van der Waals surface area contributed by atoms with Crippen molar-refractivity contribution in [1.82, 2.24) is 26.6 Å². The van der Waals surface area contributed by atoms with E-state index < -0.39 is 365 Å². The highest BCUT2D eigenvalue weighted by Crippen LogP contribution is 2.40. The zero-order chi connectivity index (χ0) is 84.8. The summed E-state index contributed by atoms with van der Waals surface area (Å²) >= 11 is 0. The third-order valence-electron chi connectivity index (χ3n) is 20.8. The summed E-state index contributed by atoms with van der Waals surface area (Å²) in [5.41, 5.74) is 0. The number of amides is 5. The highest BCUT2D eigenvalue weighted by atomic mass is 16.8. The van der Waals surface area contributed by atoms with E-state index in [2.05, 4.69) is 26.6 Å². The summed E-state index contributed by atoms with van der Waals surface area (Å²) in [6.07, 6.45) is -82.8. The van der Waals surface area contributed by atoms with Gasteiger partial charge in [-0.1, -0.05) is 0 Å². The Hall–Kier alpha value is -4.29. The molecule has 0 radical (unpaired) electrons. The Morgan fingerprint density at radius 3 is 0.930 bits per heavy atom. The molecular formula is C64H107N5O46. The lowest BCUT2D eigenvalue weighted by Crippen LogP contribution is -2.71. The summed E-state index contributed by atoms with van der Waals surface area (Å²) < 4.78 is 101. The standard InChI is InChI=1S/C64H107N5O46/c1-15(78)65-29-41(90)49(25(11-75)100-56(29)98)109-58-31(67-17(3)80)43(92)51(27(13-77)106-58)111-62-48(97)53(113-64-55(46(95)37(86)23(9-73)105-64)115-57-30(66-16(2)79)40(89)34(83)20(6-70)101-57)39(88)28(108-62)14-99-63-54(45(94)36(85)22(8-72)104-63)114-59-32(68-18(4)81)42(91)50(26(12-76)107-59)110-60-33(69-19(5)82)52(38(87)24(10-74)102-60)112-61-47(96)44(93)35(84)21(7-71)103-61/h20-64,70-77,83-98H,6-14H2,1-5H3,(H,65,78)(H,66,79)(H,67,80)(H,68,81)(H,69,82)/t20-,21-,22-,23-,24-,25-,26-,27-,28-,29-,30-,31-,32-,33-,34-,35+,36-,37-,38+,39-,40-,41-,42-,43-,44+,45+,46+,47-,48+,49-,50-,51-,52-,53+,54+,55+,56-,57+,58+,59+,60+,61+,62+,63+,64-/m1/s1. The summed E-state index contributed by atoms with van der Waals surface area (Å²) in [6, 6.07) is -9.15. The van der Waals surface area contributed by atoms with Gasteiger partial charge >= 0.3 is 0 Å². The molecule has 45 atom stereocenters. The third-order valence-corrected chi connectivity index (χ3v) is 20.8. The number of aliphatic hydroxyl groups is 24. The van der Waals surface area contributed by atoms with Crippen molar-refractivity contribution in [3.63, 3.8) is 0 Å². The second-order valence-corrected chi connectivity index (χ2v) is 28.9. The third kappa shape index (κ3) is 21.3. The first kappa shape index (κ1) is 94.6. The normalized spacial score (nSPS) is 47.9. The van der Waals surface area contributed by atoms with Crippen molar-refractivity contribution in [2.75, 3.05) is 59.5 Å². The van der Waals surface area contributed by atoms with Crippen LogP contribution >= 0.6 is 0 Å². The van der Waals surface area contributed by atoms with E-state index in [1.54, 1.807) is 0 Å². The van der Waals surface area contributed by atoms with Gasteiger partial charge in [-0.2, -0.15) is 0 Å². The second kappa shape index (κ2) is 41.5. The molecule has 0 aromatic heterocycles. The number of carbonyl (C=O) groups excluding carboxylic acids is 5. The Labute approximate surface area is 651 Å². The van der Waals surface area contributed by atoms with Crippen LogP contribution < -0.4 is 26.6 Å². The van der Waals surface area contributed by atoms with Gasteiger partial charge in [0.1, 0.15) is 219 Å². The van der Waals surface area contributed by atoms with Gasteiger partial charge in [0.25, 0.3) is 0 Å². The van der Waals surface area contributed by atoms with Crippen LogP contribution in [0, 0.1) is 0 Å². The Bertz CT molecular complexity index is 3100. The molecule has 0 unspecified atom stereocenters. The molecule has 51 heteroatoms. The van der Waals surface area contributed by atoms with Crippen LogP contribution in [0.5, 0.6) is 0 Å². The average Bonchev–Trinajstić information content (AvgIpc) is 0.769. The van der Waals surface area contributed by atoms with Crippen LogP contribution in [-0.2, 0) is 104 Å². The monoisotopic (exact) mass is 1680 g/mol. The number of ether oxygens (including phenoxy) is 17. The molecule has 9 aliphatic rings. The lowest BCUT2D eigenvalue weighted by Gasteiger charge is -2.51. The van der Waals surface area contributed by atoms with Gasteiger partial charge in [0.05, 0.1) is 59.5 Å². The molecule has 5 amide bonds. The van der Waals surface area contributed by atoms with E-state index in [0.717, 1.165) is 34.6 Å². The molecule has 9 rings (SSSR count). The van der Waals surface area contributed by atoms with Gasteiger partial charge in [0, 0.05) is 34.6 Å². The molecule has 0 aliphatic carbocycles. The van der Waals surface area contributed by atoms with Crippen LogP contribution in [0.4, 0.5) is 0 Å². The van der Waals surface area contributed by atoms with Gasteiger partial charge in [-0.25, -0.2) is 0 Å². The van der Waals surface area contributed by atoms with Crippen molar-refractivity contribution in [2.45, 2.75) is 311 Å². The quantitative estimate of drug-likeness (QED) is 0.0318. The molecule has 29 N–H and O–H groups in total. The first-order chi connectivity index (χ1) is 54.4. The van der Waals surface area contributed by atoms with Gasteiger partial charge in [-0.3, -0.25) is 24.0 Å². The number of nitrogens with one attached hydrogen (secondary N) is 5. The largest absolute Gasteiger partial charge is 0.394 e. The molecule has 51 nitrogen and oxygen atoms in total. The van der Waals surface area contributed by atoms with Crippen LogP contribution in [0.15, 0.2) is 0 Å². The number of aliphatic hydroxyl groups excluding tert-OH is 24. The van der Waals surface area contributed by atoms with Crippen LogP contribution in [0.25, 0.3) is 0 Å². The maximum absolute atomic E-state index is 13.1. The van der Waals surface area contributed by atoms with Crippen LogP contribution in [-0.4, -0.2) is 488 Å². The van der Waals surface area contributed by atoms with Gasteiger partial charge < -0.3 is 230 Å². The molecule has 0 aromatic carbocycles. The van der Waals surface area contributed by atoms with E-state index in [1.807, 2.05) is 0 Å². The van der Waals surface area contributed by atoms with E-state index in [4.69, 9.17) is 80.5 Å². The minimum absolute atomic E-state index is 0.784. The topological polar surface area (TPSA) is 788 Å². The molecule has 115 heavy (non-hydrogen) atoms. The van der Waals surface area contributed by atoms with Crippen molar-refractivity contribution < 1.29 is 227 Å². The number of rotatable bonds is 30. The first-order valence-corrected chi connectivity index (χ1v) is 36.6. The number of hydrogen-bond acceptors (Lipinski definition) is 46. The fourth-order valence-electron chi connectivity index (χ4n) is 14.9. The molecule has 9 aliphatic heterocycles. The summed E-state index contributed by atoms with van der Waals surface area (Å²) in [4.78, 5) is 63.7. The molecule has 9 fully saturated rings. The summed E-state index contributed by atoms with van der Waals surface area (Å²) in [6.45, 7) is -5.03. The van der Waals surface area contributed by atoms with Crippen molar-refractivity contribution in [3.05, 3.63) is 0 Å².